The highest BCUT2D eigenvalue weighted by molar-refractivity contribution is 5.92. The number of nitrogens with one attached hydrogen (secondary N) is 1. The Hall–Kier alpha value is -2.43. The number of aliphatic hydroxyl groups excluding tert-OH is 1. The summed E-state index contributed by atoms with van der Waals surface area (Å²) in [5.41, 5.74) is 3.69. The summed E-state index contributed by atoms with van der Waals surface area (Å²) in [6.45, 7) is 6.57. The maximum atomic E-state index is 11.7. The van der Waals surface area contributed by atoms with E-state index in [1.165, 1.54) is 5.56 Å². The van der Waals surface area contributed by atoms with E-state index >= 15 is 0 Å². The molecule has 0 saturated heterocycles. The Labute approximate surface area is 161 Å². The van der Waals surface area contributed by atoms with Gasteiger partial charge in [-0.15, -0.1) is 0 Å². The van der Waals surface area contributed by atoms with E-state index in [2.05, 4.69) is 24.4 Å². The van der Waals surface area contributed by atoms with Crippen molar-refractivity contribution < 1.29 is 14.6 Å². The number of hydrogen-bond acceptors (Lipinski definition) is 4. The van der Waals surface area contributed by atoms with Gasteiger partial charge in [-0.2, -0.15) is 0 Å². The molecule has 4 nitrogen and oxygen atoms in total. The van der Waals surface area contributed by atoms with Crippen molar-refractivity contribution in [3.05, 3.63) is 76.9 Å². The highest BCUT2D eigenvalue weighted by atomic mass is 16.5. The second-order valence-electron chi connectivity index (χ2n) is 6.73. The lowest BCUT2D eigenvalue weighted by atomic mass is 10.0. The zero-order chi connectivity index (χ0) is 19.6. The second-order valence-corrected chi connectivity index (χ2v) is 6.73. The first kappa shape index (κ1) is 20.9. The maximum Gasteiger partial charge on any atom is 0.333 e. The molecule has 0 aromatic heterocycles. The fraction of sp³-hybridized carbons (Fsp3) is 0.348. The van der Waals surface area contributed by atoms with Crippen molar-refractivity contribution in [1.82, 2.24) is 5.32 Å². The highest BCUT2D eigenvalue weighted by Crippen LogP contribution is 2.13. The predicted octanol–water partition coefficient (Wildman–Crippen LogP) is 3.91. The van der Waals surface area contributed by atoms with Crippen LogP contribution < -0.4 is 5.32 Å². The van der Waals surface area contributed by atoms with Crippen molar-refractivity contribution in [1.29, 1.82) is 0 Å². The summed E-state index contributed by atoms with van der Waals surface area (Å²) < 4.78 is 4.99. The van der Waals surface area contributed by atoms with E-state index in [1.807, 2.05) is 48.5 Å². The minimum atomic E-state index is -0.507. The molecule has 2 unspecified atom stereocenters. The van der Waals surface area contributed by atoms with Gasteiger partial charge in [-0.05, 0) is 50.0 Å². The summed E-state index contributed by atoms with van der Waals surface area (Å²) in [6.07, 6.45) is 2.19. The number of benzene rings is 2. The first-order valence-electron chi connectivity index (χ1n) is 9.40. The molecule has 0 aliphatic heterocycles. The molecule has 27 heavy (non-hydrogen) atoms. The van der Waals surface area contributed by atoms with Crippen LogP contribution in [0.1, 0.15) is 43.6 Å². The zero-order valence-corrected chi connectivity index (χ0v) is 16.3. The standard InChI is InChI=1S/C23H29NO3/c1-4-27-23(26)17(2)14-19-10-12-20(13-11-19)15-18(3)24-16-22(25)21-8-6-5-7-9-21/h5-14,18,22,24-25H,4,15-16H2,1-3H3/b17-14+. The van der Waals surface area contributed by atoms with E-state index in [0.29, 0.717) is 18.7 Å². The molecule has 2 aromatic carbocycles. The Morgan fingerprint density at radius 2 is 1.81 bits per heavy atom. The molecule has 0 radical (unpaired) electrons. The third-order valence-corrected chi connectivity index (χ3v) is 4.35. The van der Waals surface area contributed by atoms with Crippen LogP contribution in [0, 0.1) is 0 Å². The average Bonchev–Trinajstić information content (AvgIpc) is 2.68. The fourth-order valence-corrected chi connectivity index (χ4v) is 2.84. The third-order valence-electron chi connectivity index (χ3n) is 4.35. The van der Waals surface area contributed by atoms with Gasteiger partial charge in [0, 0.05) is 18.2 Å². The molecule has 0 saturated carbocycles. The normalized spacial score (nSPS) is 13.9. The molecule has 0 aliphatic rings. The van der Waals surface area contributed by atoms with Gasteiger partial charge in [0.25, 0.3) is 0 Å². The molecule has 144 valence electrons. The van der Waals surface area contributed by atoms with E-state index in [0.717, 1.165) is 17.5 Å². The van der Waals surface area contributed by atoms with Crippen molar-refractivity contribution in [2.45, 2.75) is 39.3 Å². The molecule has 0 aliphatic carbocycles. The van der Waals surface area contributed by atoms with E-state index < -0.39 is 6.10 Å². The summed E-state index contributed by atoms with van der Waals surface area (Å²) in [5, 5.41) is 13.6. The number of ether oxygens (including phenoxy) is 1. The molecule has 2 atom stereocenters. The fourth-order valence-electron chi connectivity index (χ4n) is 2.84. The maximum absolute atomic E-state index is 11.7. The Balaban J connectivity index is 1.85. The third kappa shape index (κ3) is 7.00. The molecular weight excluding hydrogens is 338 g/mol. The van der Waals surface area contributed by atoms with Gasteiger partial charge in [0.1, 0.15) is 0 Å². The van der Waals surface area contributed by atoms with Crippen LogP contribution in [0.15, 0.2) is 60.2 Å². The van der Waals surface area contributed by atoms with Crippen LogP contribution >= 0.6 is 0 Å². The van der Waals surface area contributed by atoms with Crippen LogP contribution in [0.4, 0.5) is 0 Å². The molecule has 0 fully saturated rings. The van der Waals surface area contributed by atoms with Gasteiger partial charge in [0.05, 0.1) is 12.7 Å². The molecule has 2 N–H and O–H groups in total. The predicted molar refractivity (Wildman–Crippen MR) is 109 cm³/mol. The van der Waals surface area contributed by atoms with E-state index in [1.54, 1.807) is 13.8 Å². The lowest BCUT2D eigenvalue weighted by molar-refractivity contribution is -0.138. The summed E-state index contributed by atoms with van der Waals surface area (Å²) in [7, 11) is 0. The van der Waals surface area contributed by atoms with Crippen LogP contribution in [-0.4, -0.2) is 30.3 Å². The molecule has 2 rings (SSSR count). The number of hydrogen-bond donors (Lipinski definition) is 2. The van der Waals surface area contributed by atoms with Gasteiger partial charge < -0.3 is 15.2 Å². The van der Waals surface area contributed by atoms with Gasteiger partial charge >= 0.3 is 5.97 Å². The van der Waals surface area contributed by atoms with Crippen molar-refractivity contribution in [2.24, 2.45) is 0 Å². The molecule has 4 heteroatoms. The molecule has 2 aromatic rings. The average molecular weight is 367 g/mol. The molecule has 0 bridgehead atoms. The number of esters is 1. The van der Waals surface area contributed by atoms with Gasteiger partial charge in [0.2, 0.25) is 0 Å². The number of carbonyl (C=O) groups excluding carboxylic acids is 1. The summed E-state index contributed by atoms with van der Waals surface area (Å²) >= 11 is 0. The van der Waals surface area contributed by atoms with Crippen LogP contribution in [0.5, 0.6) is 0 Å². The van der Waals surface area contributed by atoms with E-state index in [9.17, 15) is 9.90 Å². The number of carbonyl (C=O) groups is 1. The largest absolute Gasteiger partial charge is 0.463 e. The molecule has 0 spiro atoms. The van der Waals surface area contributed by atoms with Crippen molar-refractivity contribution in [3.63, 3.8) is 0 Å². The lowest BCUT2D eigenvalue weighted by Gasteiger charge is -2.17. The van der Waals surface area contributed by atoms with Gasteiger partial charge in [-0.3, -0.25) is 0 Å². The van der Waals surface area contributed by atoms with Crippen molar-refractivity contribution in [3.8, 4) is 0 Å². The van der Waals surface area contributed by atoms with Gasteiger partial charge in [0.15, 0.2) is 0 Å². The van der Waals surface area contributed by atoms with Crippen molar-refractivity contribution >= 4 is 12.0 Å². The van der Waals surface area contributed by atoms with Crippen LogP contribution in [0.2, 0.25) is 0 Å². The number of aliphatic hydroxyl groups is 1. The quantitative estimate of drug-likeness (QED) is 0.521. The van der Waals surface area contributed by atoms with Gasteiger partial charge in [-0.25, -0.2) is 4.79 Å². The van der Waals surface area contributed by atoms with Crippen molar-refractivity contribution in [2.75, 3.05) is 13.2 Å². The highest BCUT2D eigenvalue weighted by Gasteiger charge is 2.10. The monoisotopic (exact) mass is 367 g/mol. The summed E-state index contributed by atoms with van der Waals surface area (Å²) in [4.78, 5) is 11.7. The SMILES string of the molecule is CCOC(=O)/C(C)=C/c1ccc(CC(C)NCC(O)c2ccccc2)cc1. The van der Waals surface area contributed by atoms with Gasteiger partial charge in [-0.1, -0.05) is 54.6 Å². The smallest absolute Gasteiger partial charge is 0.333 e. The van der Waals surface area contributed by atoms with Crippen LogP contribution in [0.3, 0.4) is 0 Å². The Morgan fingerprint density at radius 1 is 1.15 bits per heavy atom. The number of rotatable bonds is 9. The summed E-state index contributed by atoms with van der Waals surface area (Å²) in [6, 6.07) is 18.1. The van der Waals surface area contributed by atoms with Crippen LogP contribution in [-0.2, 0) is 16.0 Å². The Morgan fingerprint density at radius 3 is 2.44 bits per heavy atom. The Kier molecular flexibility index (Phi) is 8.24. The molecule has 0 heterocycles. The minimum Gasteiger partial charge on any atom is -0.463 e. The first-order chi connectivity index (χ1) is 13.0. The first-order valence-corrected chi connectivity index (χ1v) is 9.40. The molecular formula is C23H29NO3. The topological polar surface area (TPSA) is 58.6 Å². The lowest BCUT2D eigenvalue weighted by Crippen LogP contribution is -2.32. The summed E-state index contributed by atoms with van der Waals surface area (Å²) in [5.74, 6) is -0.281. The Bertz CT molecular complexity index is 738. The molecule has 0 amide bonds. The minimum absolute atomic E-state index is 0.242. The van der Waals surface area contributed by atoms with Crippen LogP contribution in [0.25, 0.3) is 6.08 Å². The second kappa shape index (κ2) is 10.7. The van der Waals surface area contributed by atoms with E-state index in [-0.39, 0.29) is 12.0 Å². The van der Waals surface area contributed by atoms with E-state index in [4.69, 9.17) is 4.74 Å². The zero-order valence-electron chi connectivity index (χ0n) is 16.3.